The first kappa shape index (κ1) is 18.8. The van der Waals surface area contributed by atoms with Gasteiger partial charge >= 0.3 is 0 Å². The van der Waals surface area contributed by atoms with Crippen LogP contribution in [0.25, 0.3) is 0 Å². The lowest BCUT2D eigenvalue weighted by Crippen LogP contribution is -2.40. The highest BCUT2D eigenvalue weighted by Crippen LogP contribution is 2.34. The summed E-state index contributed by atoms with van der Waals surface area (Å²) in [5, 5.41) is 9.97. The quantitative estimate of drug-likeness (QED) is 0.773. The van der Waals surface area contributed by atoms with Crippen LogP contribution in [0.5, 0.6) is 11.5 Å². The maximum absolute atomic E-state index is 9.97. The van der Waals surface area contributed by atoms with Crippen molar-refractivity contribution in [1.82, 2.24) is 4.90 Å². The van der Waals surface area contributed by atoms with Crippen LogP contribution >= 0.6 is 0 Å². The van der Waals surface area contributed by atoms with Gasteiger partial charge in [0.25, 0.3) is 0 Å². The zero-order valence-electron chi connectivity index (χ0n) is 16.7. The van der Waals surface area contributed by atoms with Gasteiger partial charge in [-0.05, 0) is 76.3 Å². The van der Waals surface area contributed by atoms with Crippen molar-refractivity contribution in [1.29, 1.82) is 0 Å². The summed E-state index contributed by atoms with van der Waals surface area (Å²) in [6.45, 7) is 12.8. The zero-order chi connectivity index (χ0) is 18.9. The molecule has 0 amide bonds. The van der Waals surface area contributed by atoms with Crippen LogP contribution in [-0.2, 0) is 19.5 Å². The average molecular weight is 354 g/mol. The molecule has 2 aromatic rings. The van der Waals surface area contributed by atoms with Gasteiger partial charge < -0.3 is 9.84 Å². The minimum Gasteiger partial charge on any atom is -0.504 e. The topological polar surface area (TPSA) is 32.7 Å². The van der Waals surface area contributed by atoms with E-state index in [1.165, 1.54) is 22.3 Å². The van der Waals surface area contributed by atoms with Crippen molar-refractivity contribution in [2.24, 2.45) is 0 Å². The lowest BCUT2D eigenvalue weighted by molar-refractivity contribution is 0.109. The van der Waals surface area contributed by atoms with Gasteiger partial charge in [-0.2, -0.15) is 0 Å². The molecule has 0 saturated carbocycles. The van der Waals surface area contributed by atoms with Crippen LogP contribution in [0.15, 0.2) is 36.4 Å². The highest BCUT2D eigenvalue weighted by atomic mass is 16.5. The molecule has 0 aromatic heterocycles. The fraction of sp³-hybridized carbons (Fsp3) is 0.478. The van der Waals surface area contributed by atoms with Gasteiger partial charge in [-0.1, -0.05) is 29.8 Å². The molecule has 0 atom stereocenters. The van der Waals surface area contributed by atoms with Gasteiger partial charge in [0.2, 0.25) is 0 Å². The van der Waals surface area contributed by atoms with Gasteiger partial charge in [-0.15, -0.1) is 0 Å². The molecule has 0 spiro atoms. The summed E-state index contributed by atoms with van der Waals surface area (Å²) in [6, 6.07) is 12.5. The van der Waals surface area contributed by atoms with E-state index in [2.05, 4.69) is 43.9 Å². The predicted molar refractivity (Wildman–Crippen MR) is 107 cm³/mol. The van der Waals surface area contributed by atoms with Crippen LogP contribution in [-0.4, -0.2) is 21.6 Å². The molecule has 0 aliphatic carbocycles. The van der Waals surface area contributed by atoms with E-state index in [9.17, 15) is 5.11 Å². The van der Waals surface area contributed by atoms with E-state index in [0.29, 0.717) is 5.75 Å². The molecule has 3 rings (SSSR count). The number of benzene rings is 2. The largest absolute Gasteiger partial charge is 0.504 e. The fourth-order valence-corrected chi connectivity index (χ4v) is 3.62. The summed E-state index contributed by atoms with van der Waals surface area (Å²) >= 11 is 0. The van der Waals surface area contributed by atoms with Gasteiger partial charge in [0.15, 0.2) is 11.5 Å². The number of hydrogen-bond acceptors (Lipinski definition) is 3. The Bertz CT molecular complexity index is 780. The number of phenolic OH excluding ortho intramolecular Hbond substituents is 1. The first-order valence-electron chi connectivity index (χ1n) is 9.56. The predicted octanol–water partition coefficient (Wildman–Crippen LogP) is 5.21. The molecular weight excluding hydrogens is 322 g/mol. The summed E-state index contributed by atoms with van der Waals surface area (Å²) in [6.07, 6.45) is 2.08. The summed E-state index contributed by atoms with van der Waals surface area (Å²) in [5.74, 6) is 0.798. The van der Waals surface area contributed by atoms with Crippen molar-refractivity contribution < 1.29 is 9.84 Å². The monoisotopic (exact) mass is 353 g/mol. The summed E-state index contributed by atoms with van der Waals surface area (Å²) in [5.41, 5.74) is 5.59. The molecular formula is C23H31NO2. The first-order chi connectivity index (χ1) is 12.2. The molecule has 2 aromatic carbocycles. The van der Waals surface area contributed by atoms with Crippen LogP contribution in [0.1, 0.15) is 56.4 Å². The van der Waals surface area contributed by atoms with Crippen LogP contribution in [0.3, 0.4) is 0 Å². The molecule has 1 aliphatic heterocycles. The van der Waals surface area contributed by atoms with Gasteiger partial charge in [-0.25, -0.2) is 0 Å². The summed E-state index contributed by atoms with van der Waals surface area (Å²) < 4.78 is 5.71. The second-order valence-electron chi connectivity index (χ2n) is 8.41. The van der Waals surface area contributed by atoms with Gasteiger partial charge in [0.1, 0.15) is 0 Å². The highest BCUT2D eigenvalue weighted by molar-refractivity contribution is 5.42. The molecule has 0 radical (unpaired) electrons. The Morgan fingerprint density at radius 1 is 1.08 bits per heavy atom. The van der Waals surface area contributed by atoms with E-state index >= 15 is 0 Å². The number of aromatic hydroxyl groups is 1. The van der Waals surface area contributed by atoms with Crippen molar-refractivity contribution in [2.75, 3.05) is 0 Å². The zero-order valence-corrected chi connectivity index (χ0v) is 16.7. The van der Waals surface area contributed by atoms with E-state index in [0.717, 1.165) is 25.9 Å². The molecule has 1 heterocycles. The molecule has 0 saturated heterocycles. The van der Waals surface area contributed by atoms with Crippen LogP contribution in [0, 0.1) is 6.92 Å². The summed E-state index contributed by atoms with van der Waals surface area (Å²) in [7, 11) is 0. The molecule has 0 fully saturated rings. The van der Waals surface area contributed by atoms with E-state index in [1.807, 2.05) is 26.0 Å². The summed E-state index contributed by atoms with van der Waals surface area (Å²) in [4.78, 5) is 2.57. The van der Waals surface area contributed by atoms with Crippen molar-refractivity contribution >= 4 is 0 Å². The molecule has 3 nitrogen and oxygen atoms in total. The Kier molecular flexibility index (Phi) is 5.29. The highest BCUT2D eigenvalue weighted by Gasteiger charge is 2.31. The van der Waals surface area contributed by atoms with Crippen LogP contribution < -0.4 is 4.74 Å². The normalized spacial score (nSPS) is 14.7. The maximum atomic E-state index is 9.97. The van der Waals surface area contributed by atoms with E-state index < -0.39 is 0 Å². The van der Waals surface area contributed by atoms with Crippen LogP contribution in [0.2, 0.25) is 0 Å². The molecule has 0 bridgehead atoms. The fourth-order valence-electron chi connectivity index (χ4n) is 3.62. The van der Waals surface area contributed by atoms with Gasteiger partial charge in [0.05, 0.1) is 6.10 Å². The Hall–Kier alpha value is -2.00. The van der Waals surface area contributed by atoms with Gasteiger partial charge in [-0.3, -0.25) is 4.90 Å². The third-order valence-corrected chi connectivity index (χ3v) is 5.35. The maximum Gasteiger partial charge on any atom is 0.161 e. The third kappa shape index (κ3) is 4.21. The number of hydrogen-bond donors (Lipinski definition) is 1. The molecule has 1 aliphatic rings. The van der Waals surface area contributed by atoms with Crippen molar-refractivity contribution in [3.8, 4) is 11.5 Å². The average Bonchev–Trinajstić information content (AvgIpc) is 2.99. The van der Waals surface area contributed by atoms with E-state index in [-0.39, 0.29) is 17.4 Å². The Morgan fingerprint density at radius 3 is 2.54 bits per heavy atom. The molecule has 1 N–H and O–H groups in total. The number of rotatable bonds is 6. The number of phenols is 1. The minimum atomic E-state index is 0.0548. The second kappa shape index (κ2) is 7.32. The minimum absolute atomic E-state index is 0.0548. The Balaban J connectivity index is 1.66. The standard InChI is InChI=1S/C23H31NO2/c1-16(2)26-22-13-18(7-9-21(22)25)10-11-23(4,5)24-14-19-8-6-17(3)12-20(19)15-24/h6-9,12-13,16,25H,10-11,14-15H2,1-5H3. The molecule has 0 unspecified atom stereocenters. The first-order valence-corrected chi connectivity index (χ1v) is 9.56. The Labute approximate surface area is 157 Å². The lowest BCUT2D eigenvalue weighted by atomic mass is 9.93. The van der Waals surface area contributed by atoms with Crippen LogP contribution in [0.4, 0.5) is 0 Å². The Morgan fingerprint density at radius 2 is 1.81 bits per heavy atom. The molecule has 3 heteroatoms. The van der Waals surface area contributed by atoms with Crippen molar-refractivity contribution in [2.45, 2.75) is 72.2 Å². The third-order valence-electron chi connectivity index (χ3n) is 5.35. The number of nitrogens with zero attached hydrogens (tertiary/aromatic N) is 1. The smallest absolute Gasteiger partial charge is 0.161 e. The molecule has 140 valence electrons. The molecule has 26 heavy (non-hydrogen) atoms. The SMILES string of the molecule is Cc1ccc2c(c1)CN(C(C)(C)CCc1ccc(O)c(OC(C)C)c1)C2. The number of fused-ring (bicyclic) bond motifs is 1. The second-order valence-corrected chi connectivity index (χ2v) is 8.41. The lowest BCUT2D eigenvalue weighted by Gasteiger charge is -2.35. The van der Waals surface area contributed by atoms with Gasteiger partial charge in [0, 0.05) is 18.6 Å². The van der Waals surface area contributed by atoms with E-state index in [4.69, 9.17) is 4.74 Å². The van der Waals surface area contributed by atoms with Crippen molar-refractivity contribution in [3.63, 3.8) is 0 Å². The number of aryl methyl sites for hydroxylation is 2. The van der Waals surface area contributed by atoms with E-state index in [1.54, 1.807) is 6.07 Å². The van der Waals surface area contributed by atoms with Crippen molar-refractivity contribution in [3.05, 3.63) is 58.7 Å². The number of ether oxygens (including phenoxy) is 1.